The fraction of sp³-hybridized carbons (Fsp3) is 0.909. The van der Waals surface area contributed by atoms with E-state index in [1.54, 1.807) is 0 Å². The SMILES string of the molecule is CC(C)(CC1CCC2OC2C1)OC(N)=O. The van der Waals surface area contributed by atoms with Gasteiger partial charge in [0.25, 0.3) is 0 Å². The lowest BCUT2D eigenvalue weighted by molar-refractivity contribution is 0.0229. The summed E-state index contributed by atoms with van der Waals surface area (Å²) in [6.45, 7) is 3.83. The van der Waals surface area contributed by atoms with E-state index in [0.717, 1.165) is 19.3 Å². The minimum atomic E-state index is -0.684. The molecule has 0 bridgehead atoms. The van der Waals surface area contributed by atoms with E-state index in [1.165, 1.54) is 6.42 Å². The minimum absolute atomic E-state index is 0.446. The Labute approximate surface area is 90.1 Å². The molecule has 2 fully saturated rings. The molecule has 0 aromatic rings. The maximum atomic E-state index is 10.7. The molecule has 1 aliphatic carbocycles. The normalized spacial score (nSPS) is 34.4. The number of epoxide rings is 1. The van der Waals surface area contributed by atoms with Gasteiger partial charge in [0.15, 0.2) is 0 Å². The summed E-state index contributed by atoms with van der Waals surface area (Å²) < 4.78 is 10.6. The van der Waals surface area contributed by atoms with Crippen LogP contribution in [-0.4, -0.2) is 23.9 Å². The molecule has 0 spiro atoms. The van der Waals surface area contributed by atoms with Crippen molar-refractivity contribution in [1.82, 2.24) is 0 Å². The van der Waals surface area contributed by atoms with Crippen LogP contribution in [-0.2, 0) is 9.47 Å². The zero-order chi connectivity index (χ0) is 11.1. The highest BCUT2D eigenvalue weighted by Gasteiger charge is 2.45. The van der Waals surface area contributed by atoms with Gasteiger partial charge in [-0.2, -0.15) is 0 Å². The van der Waals surface area contributed by atoms with Gasteiger partial charge in [-0.1, -0.05) is 0 Å². The molecule has 1 heterocycles. The summed E-state index contributed by atoms with van der Waals surface area (Å²) in [6, 6.07) is 0. The second-order valence-corrected chi connectivity index (χ2v) is 5.28. The molecule has 1 saturated heterocycles. The van der Waals surface area contributed by atoms with Gasteiger partial charge in [-0.15, -0.1) is 0 Å². The largest absolute Gasteiger partial charge is 0.444 e. The van der Waals surface area contributed by atoms with Gasteiger partial charge in [0.1, 0.15) is 5.60 Å². The van der Waals surface area contributed by atoms with Crippen molar-refractivity contribution < 1.29 is 14.3 Å². The Bertz CT molecular complexity index is 265. The third kappa shape index (κ3) is 2.84. The summed E-state index contributed by atoms with van der Waals surface area (Å²) in [5.41, 5.74) is 4.59. The van der Waals surface area contributed by atoms with Crippen LogP contribution in [0.2, 0.25) is 0 Å². The zero-order valence-corrected chi connectivity index (χ0v) is 9.36. The van der Waals surface area contributed by atoms with Crippen molar-refractivity contribution in [2.75, 3.05) is 0 Å². The van der Waals surface area contributed by atoms with Crippen molar-refractivity contribution in [2.45, 2.75) is 57.3 Å². The average Bonchev–Trinajstić information content (AvgIpc) is 2.77. The van der Waals surface area contributed by atoms with Gasteiger partial charge in [-0.25, -0.2) is 4.79 Å². The number of rotatable bonds is 3. The van der Waals surface area contributed by atoms with Crippen molar-refractivity contribution in [2.24, 2.45) is 11.7 Å². The third-order valence-electron chi connectivity index (χ3n) is 3.27. The summed E-state index contributed by atoms with van der Waals surface area (Å²) in [5, 5.41) is 0. The van der Waals surface area contributed by atoms with E-state index >= 15 is 0 Å². The second-order valence-electron chi connectivity index (χ2n) is 5.28. The Kier molecular flexibility index (Phi) is 2.63. The van der Waals surface area contributed by atoms with E-state index in [4.69, 9.17) is 15.2 Å². The van der Waals surface area contributed by atoms with E-state index in [9.17, 15) is 4.79 Å². The van der Waals surface area contributed by atoms with Gasteiger partial charge in [-0.05, 0) is 45.4 Å². The van der Waals surface area contributed by atoms with Crippen molar-refractivity contribution in [3.63, 3.8) is 0 Å². The van der Waals surface area contributed by atoms with Gasteiger partial charge >= 0.3 is 6.09 Å². The highest BCUT2D eigenvalue weighted by atomic mass is 16.6. The molecule has 3 unspecified atom stereocenters. The Hall–Kier alpha value is -0.770. The molecule has 2 rings (SSSR count). The molecule has 4 nitrogen and oxygen atoms in total. The topological polar surface area (TPSA) is 64.8 Å². The number of primary amides is 1. The molecular formula is C11H19NO3. The predicted molar refractivity (Wildman–Crippen MR) is 55.4 cm³/mol. The standard InChI is InChI=1S/C11H19NO3/c1-11(2,15-10(12)13)6-7-3-4-8-9(5-7)14-8/h7-9H,3-6H2,1-2H3,(H2,12,13). The van der Waals surface area contributed by atoms with Crippen LogP contribution in [0.3, 0.4) is 0 Å². The van der Waals surface area contributed by atoms with Crippen molar-refractivity contribution in [3.8, 4) is 0 Å². The Morgan fingerprint density at radius 3 is 2.80 bits per heavy atom. The lowest BCUT2D eigenvalue weighted by Crippen LogP contribution is -2.34. The van der Waals surface area contributed by atoms with Crippen molar-refractivity contribution in [3.05, 3.63) is 0 Å². The summed E-state index contributed by atoms with van der Waals surface area (Å²) in [7, 11) is 0. The first-order valence-electron chi connectivity index (χ1n) is 5.60. The molecular weight excluding hydrogens is 194 g/mol. The molecule has 1 amide bonds. The number of nitrogens with two attached hydrogens (primary N) is 1. The van der Waals surface area contributed by atoms with E-state index < -0.39 is 11.7 Å². The average molecular weight is 213 g/mol. The van der Waals surface area contributed by atoms with Crippen LogP contribution in [0.1, 0.15) is 39.5 Å². The number of ether oxygens (including phenoxy) is 2. The number of carbonyl (C=O) groups is 1. The van der Waals surface area contributed by atoms with Crippen LogP contribution in [0.4, 0.5) is 4.79 Å². The Morgan fingerprint density at radius 1 is 1.47 bits per heavy atom. The molecule has 0 aromatic heterocycles. The third-order valence-corrected chi connectivity index (χ3v) is 3.27. The lowest BCUT2D eigenvalue weighted by Gasteiger charge is -2.29. The molecule has 0 radical (unpaired) electrons. The Balaban J connectivity index is 1.81. The fourth-order valence-corrected chi connectivity index (χ4v) is 2.68. The highest BCUT2D eigenvalue weighted by molar-refractivity contribution is 5.65. The first-order chi connectivity index (χ1) is 6.96. The van der Waals surface area contributed by atoms with Crippen LogP contribution >= 0.6 is 0 Å². The summed E-state index contributed by atoms with van der Waals surface area (Å²) in [5.74, 6) is 0.600. The summed E-state index contributed by atoms with van der Waals surface area (Å²) in [6.07, 6.45) is 4.64. The maximum absolute atomic E-state index is 10.7. The first kappa shape index (κ1) is 10.7. The van der Waals surface area contributed by atoms with Gasteiger partial charge in [0, 0.05) is 0 Å². The van der Waals surface area contributed by atoms with E-state index in [1.807, 2.05) is 13.8 Å². The van der Waals surface area contributed by atoms with E-state index in [0.29, 0.717) is 18.1 Å². The molecule has 1 saturated carbocycles. The lowest BCUT2D eigenvalue weighted by atomic mass is 9.82. The monoisotopic (exact) mass is 213 g/mol. The maximum Gasteiger partial charge on any atom is 0.405 e. The van der Waals surface area contributed by atoms with Gasteiger partial charge < -0.3 is 15.2 Å². The molecule has 2 N–H and O–H groups in total. The van der Waals surface area contributed by atoms with E-state index in [2.05, 4.69) is 0 Å². The van der Waals surface area contributed by atoms with Crippen molar-refractivity contribution >= 4 is 6.09 Å². The Morgan fingerprint density at radius 2 is 2.20 bits per heavy atom. The molecule has 86 valence electrons. The second kappa shape index (κ2) is 3.67. The summed E-state index contributed by atoms with van der Waals surface area (Å²) in [4.78, 5) is 10.7. The minimum Gasteiger partial charge on any atom is -0.444 e. The van der Waals surface area contributed by atoms with Crippen LogP contribution in [0.5, 0.6) is 0 Å². The van der Waals surface area contributed by atoms with Gasteiger partial charge in [0.05, 0.1) is 12.2 Å². The van der Waals surface area contributed by atoms with Crippen molar-refractivity contribution in [1.29, 1.82) is 0 Å². The van der Waals surface area contributed by atoms with Crippen LogP contribution < -0.4 is 5.73 Å². The number of carbonyl (C=O) groups excluding carboxylic acids is 1. The predicted octanol–water partition coefficient (Wildman–Crippen LogP) is 1.82. The molecule has 4 heteroatoms. The quantitative estimate of drug-likeness (QED) is 0.727. The van der Waals surface area contributed by atoms with Crippen LogP contribution in [0, 0.1) is 5.92 Å². The fourth-order valence-electron chi connectivity index (χ4n) is 2.68. The molecule has 0 aromatic carbocycles. The smallest absolute Gasteiger partial charge is 0.405 e. The molecule has 2 aliphatic rings. The molecule has 3 atom stereocenters. The van der Waals surface area contributed by atoms with Crippen LogP contribution in [0.25, 0.3) is 0 Å². The molecule has 15 heavy (non-hydrogen) atoms. The van der Waals surface area contributed by atoms with E-state index in [-0.39, 0.29) is 0 Å². The summed E-state index contributed by atoms with van der Waals surface area (Å²) >= 11 is 0. The van der Waals surface area contributed by atoms with Crippen LogP contribution in [0.15, 0.2) is 0 Å². The number of hydrogen-bond donors (Lipinski definition) is 1. The number of fused-ring (bicyclic) bond motifs is 1. The highest BCUT2D eigenvalue weighted by Crippen LogP contribution is 2.42. The van der Waals surface area contributed by atoms with Gasteiger partial charge in [-0.3, -0.25) is 0 Å². The number of amides is 1. The van der Waals surface area contributed by atoms with Gasteiger partial charge in [0.2, 0.25) is 0 Å². The first-order valence-corrected chi connectivity index (χ1v) is 5.60. The zero-order valence-electron chi connectivity index (χ0n) is 9.36. The molecule has 1 aliphatic heterocycles. The number of hydrogen-bond acceptors (Lipinski definition) is 3.